The number of methoxy groups -OCH3 is 3. The summed E-state index contributed by atoms with van der Waals surface area (Å²) in [6, 6.07) is 31.8. The van der Waals surface area contributed by atoms with E-state index in [1.165, 1.54) is 54.1 Å². The van der Waals surface area contributed by atoms with Crippen molar-refractivity contribution in [1.82, 2.24) is 70.4 Å². The molecule has 4 aromatic carbocycles. The van der Waals surface area contributed by atoms with Gasteiger partial charge in [-0.15, -0.1) is 20.5 Å². The Morgan fingerprint density at radius 3 is 1.31 bits per heavy atom. The fourth-order valence-electron chi connectivity index (χ4n) is 12.4. The highest BCUT2D eigenvalue weighted by Gasteiger charge is 2.19. The van der Waals surface area contributed by atoms with E-state index in [0.717, 1.165) is 103 Å². The molecule has 10 rings (SSSR count). The lowest BCUT2D eigenvalue weighted by molar-refractivity contribution is 0.0192. The number of aromatic nitrogens is 12. The Morgan fingerprint density at radius 2 is 0.887 bits per heavy atom. The maximum Gasteiger partial charge on any atom is 0.321 e. The molecule has 0 radical (unpaired) electrons. The zero-order valence-corrected chi connectivity index (χ0v) is 79.9. The third kappa shape index (κ3) is 42.0. The average molecular weight is 1870 g/mol. The second-order valence-corrected chi connectivity index (χ2v) is 33.6. The molecule has 42 nitrogen and oxygen atoms in total. The molecule has 6 heterocycles. The minimum Gasteiger partial charge on any atom is -0.497 e. The van der Waals surface area contributed by atoms with Gasteiger partial charge in [0.2, 0.25) is 57.8 Å². The Hall–Kier alpha value is -13.0. The topological polar surface area (TPSA) is 517 Å². The minimum atomic E-state index is -0.607. The first-order valence-corrected chi connectivity index (χ1v) is 45.8. The van der Waals surface area contributed by atoms with Crippen molar-refractivity contribution >= 4 is 132 Å². The summed E-state index contributed by atoms with van der Waals surface area (Å²) in [6.07, 6.45) is 10.2. The Bertz CT molecular complexity index is 5140. The monoisotopic (exact) mass is 1870 g/mol. The standard InChI is InChI=1S/C39H53N11O11.2C25H38N10S/c1-55-16-18-58-20-22-60-26-30-24-34(51)44-36(42-30)46-38(53)40-12-14-50(32-8-4-28(5-9-32)48-49-29-6-10-33(57-3)11-7-29)15-13-41-39(54)47-37-43-31(25-35(52)45-37)27-61-23-21-59-19-17-56-2;1-17(2)15-35(16-18(3)4)24-30-22(26)29-23(31-24)27-12-7-13-34(6)21-10-8-20(9-11-21)32-33-25-28-14-19(5)36-25;1-5-7-9-19(6-2)17-28-24-31-22(26)30-23(32-24)27-14-8-15-35(4)21-12-10-20(11-13-21)33-34-25-29-16-18(3)36-25/h4-11,24-25H,12-23,26-27H2,1-3H3,(H3,40,42,44,46,51,53)(H3,41,43,45,47,52,54);8-11,14,17-18H,7,12-13,15-16H2,1-6H3,(H3,26,27,29,30,31);10-13,16,19H,5-9,14-15,17H2,1-4H3,(H4,26,27,28,30,31,32). The normalized spacial score (nSPS) is 11.5. The molecule has 0 aliphatic heterocycles. The Balaban J connectivity index is 0.000000260. The molecule has 0 aliphatic rings. The number of nitrogens with zero attached hydrogens (tertiary/aromatic N) is 20. The van der Waals surface area contributed by atoms with E-state index >= 15 is 0 Å². The summed E-state index contributed by atoms with van der Waals surface area (Å²) in [5.74, 6) is 4.82. The van der Waals surface area contributed by atoms with Gasteiger partial charge in [-0.25, -0.2) is 29.5 Å². The molecule has 133 heavy (non-hydrogen) atoms. The van der Waals surface area contributed by atoms with Crippen molar-refractivity contribution in [2.24, 2.45) is 48.4 Å². The molecule has 0 spiro atoms. The number of hydrogen-bond donors (Lipinski definition) is 11. The molecule has 44 heteroatoms. The fourth-order valence-corrected chi connectivity index (χ4v) is 13.6. The van der Waals surface area contributed by atoms with Crippen LogP contribution in [0.3, 0.4) is 0 Å². The van der Waals surface area contributed by atoms with Crippen LogP contribution in [0.25, 0.3) is 0 Å². The molecule has 10 aromatic rings. The van der Waals surface area contributed by atoms with E-state index in [0.29, 0.717) is 133 Å². The third-order valence-electron chi connectivity index (χ3n) is 19.1. The molecule has 0 bridgehead atoms. The summed E-state index contributed by atoms with van der Waals surface area (Å²) in [7, 11) is 8.90. The number of carbonyl (C=O) groups is 2. The number of urea groups is 2. The van der Waals surface area contributed by atoms with Crippen LogP contribution in [0.5, 0.6) is 5.75 Å². The second-order valence-electron chi connectivity index (χ2n) is 31.1. The fraction of sp³-hybridized carbons (Fsp3) is 0.483. The molecular weight excluding hydrogens is 1740 g/mol. The summed E-state index contributed by atoms with van der Waals surface area (Å²) >= 11 is 3.05. The molecule has 1 unspecified atom stereocenters. The number of benzene rings is 4. The number of aryl methyl sites for hydroxylation is 2. The smallest absolute Gasteiger partial charge is 0.321 e. The molecule has 718 valence electrons. The molecule has 4 amide bonds. The Labute approximate surface area is 784 Å². The summed E-state index contributed by atoms with van der Waals surface area (Å²) in [5.41, 5.74) is 17.5. The number of H-pyrrole nitrogens is 2. The van der Waals surface area contributed by atoms with Crippen molar-refractivity contribution in [3.8, 4) is 5.75 Å². The number of azo groups is 3. The van der Waals surface area contributed by atoms with Gasteiger partial charge in [-0.2, -0.15) is 40.1 Å². The first-order valence-electron chi connectivity index (χ1n) is 44.2. The van der Waals surface area contributed by atoms with Gasteiger partial charge in [-0.05, 0) is 148 Å². The molecule has 0 saturated carbocycles. The average Bonchev–Trinajstić information content (AvgIpc) is 1.79. The number of rotatable bonds is 56. The Kier molecular flexibility index (Phi) is 47.1. The molecule has 13 N–H and O–H groups in total. The zero-order chi connectivity index (χ0) is 95.3. The van der Waals surface area contributed by atoms with E-state index in [4.69, 9.17) is 44.6 Å². The van der Waals surface area contributed by atoms with Crippen molar-refractivity contribution in [2.45, 2.75) is 107 Å². The van der Waals surface area contributed by atoms with E-state index in [2.05, 4.69) is 198 Å². The van der Waals surface area contributed by atoms with Crippen molar-refractivity contribution < 1.29 is 42.7 Å². The lowest BCUT2D eigenvalue weighted by Gasteiger charge is -2.26. The highest BCUT2D eigenvalue weighted by Crippen LogP contribution is 2.29. The first-order chi connectivity index (χ1) is 64.4. The third-order valence-corrected chi connectivity index (χ3v) is 20.7. The van der Waals surface area contributed by atoms with Gasteiger partial charge in [-0.1, -0.05) is 83.5 Å². The number of nitrogens with two attached hydrogens (primary N) is 2. The lowest BCUT2D eigenvalue weighted by atomic mass is 9.99. The Morgan fingerprint density at radius 1 is 0.474 bits per heavy atom. The first kappa shape index (κ1) is 105. The van der Waals surface area contributed by atoms with Crippen molar-refractivity contribution in [3.05, 3.63) is 163 Å². The number of nitrogens with one attached hydrogen (secondary N) is 9. The number of amides is 4. The predicted octanol–water partition coefficient (Wildman–Crippen LogP) is 15.0. The maximum atomic E-state index is 12.9. The zero-order valence-electron chi connectivity index (χ0n) is 78.3. The van der Waals surface area contributed by atoms with Crippen LogP contribution in [0.1, 0.15) is 101 Å². The summed E-state index contributed by atoms with van der Waals surface area (Å²) in [4.78, 5) is 109. The van der Waals surface area contributed by atoms with Crippen LogP contribution in [0.15, 0.2) is 162 Å². The number of unbranched alkanes of at least 4 members (excludes halogenated alkanes) is 1. The van der Waals surface area contributed by atoms with Crippen LogP contribution in [0, 0.1) is 31.6 Å². The van der Waals surface area contributed by atoms with Crippen LogP contribution in [-0.2, 0) is 41.6 Å². The van der Waals surface area contributed by atoms with Crippen molar-refractivity contribution in [1.29, 1.82) is 0 Å². The molecule has 6 aromatic heterocycles. The van der Waals surface area contributed by atoms with E-state index in [1.807, 2.05) is 79.4 Å². The largest absolute Gasteiger partial charge is 0.497 e. The molecular formula is C89H129N31O11S2. The van der Waals surface area contributed by atoms with Gasteiger partial charge in [0.05, 0.1) is 107 Å². The van der Waals surface area contributed by atoms with E-state index in [1.54, 1.807) is 70.1 Å². The number of aromatic amines is 2. The SMILES string of the molecule is CCCCC(CC)CNc1nc(N)nc(NCCCN(C)c2ccc(N=Nc3ncc(C)s3)cc2)n1.COCCOCCOCc1cc(=O)[nH]c(NC(=O)NCCN(CCNC(=O)Nc2nc(COCCOCCOC)cc(=O)[nH]2)c2ccc(N=Nc3ccc(OC)cc3)cc2)n1.Cc1cnc(N=Nc2ccc(N(C)CCCNc3nc(N)nc(N(CC(C)C)CC(C)C)n3)cc2)s1. The second kappa shape index (κ2) is 59.4. The maximum absolute atomic E-state index is 12.9. The number of ether oxygens (including phenoxy) is 7. The quantitative estimate of drug-likeness (QED) is 0.0125. The lowest BCUT2D eigenvalue weighted by Crippen LogP contribution is -2.41. The number of anilines is 11. The minimum absolute atomic E-state index is 0.0405. The van der Waals surface area contributed by atoms with E-state index in [-0.39, 0.29) is 63.3 Å². The summed E-state index contributed by atoms with van der Waals surface area (Å²) < 4.78 is 36.8. The van der Waals surface area contributed by atoms with Gasteiger partial charge < -0.3 is 90.8 Å². The highest BCUT2D eigenvalue weighted by molar-refractivity contribution is 7.15. The van der Waals surface area contributed by atoms with Gasteiger partial charge in [-0.3, -0.25) is 30.2 Å². The van der Waals surface area contributed by atoms with Crippen LogP contribution in [-0.4, -0.2) is 232 Å². The van der Waals surface area contributed by atoms with Gasteiger partial charge in [0.15, 0.2) is 0 Å². The van der Waals surface area contributed by atoms with Crippen LogP contribution in [0.2, 0.25) is 0 Å². The van der Waals surface area contributed by atoms with Crippen molar-refractivity contribution in [2.75, 3.05) is 218 Å². The predicted molar refractivity (Wildman–Crippen MR) is 524 cm³/mol. The van der Waals surface area contributed by atoms with Crippen LogP contribution < -0.4 is 84.1 Å². The van der Waals surface area contributed by atoms with E-state index in [9.17, 15) is 19.2 Å². The van der Waals surface area contributed by atoms with Crippen LogP contribution >= 0.6 is 22.7 Å². The number of carbonyl (C=O) groups excluding carboxylic acids is 2. The number of thiazole rings is 2. The molecule has 0 aliphatic carbocycles. The van der Waals surface area contributed by atoms with Gasteiger partial charge >= 0.3 is 12.1 Å². The van der Waals surface area contributed by atoms with Gasteiger partial charge in [0, 0.05) is 152 Å². The van der Waals surface area contributed by atoms with Crippen molar-refractivity contribution in [3.63, 3.8) is 0 Å². The highest BCUT2D eigenvalue weighted by atomic mass is 32.1. The summed E-state index contributed by atoms with van der Waals surface area (Å²) in [5, 5.41) is 47.4. The molecule has 1 atom stereocenters. The molecule has 0 saturated heterocycles. The van der Waals surface area contributed by atoms with Gasteiger partial charge in [0.1, 0.15) is 5.75 Å². The van der Waals surface area contributed by atoms with Gasteiger partial charge in [0.25, 0.3) is 11.1 Å². The summed E-state index contributed by atoms with van der Waals surface area (Å²) in [6.45, 7) is 27.1. The molecule has 0 fully saturated rings. The van der Waals surface area contributed by atoms with Crippen LogP contribution in [0.4, 0.5) is 107 Å². The number of hydrogen-bond acceptors (Lipinski definition) is 38. The van der Waals surface area contributed by atoms with E-state index < -0.39 is 23.2 Å². The number of nitrogen functional groups attached to an aromatic ring is 2.